The van der Waals surface area contributed by atoms with Crippen LogP contribution in [0, 0.1) is 19.7 Å². The van der Waals surface area contributed by atoms with Crippen LogP contribution < -0.4 is 20.5 Å². The molecule has 0 bridgehead atoms. The van der Waals surface area contributed by atoms with Crippen LogP contribution in [0.25, 0.3) is 11.1 Å². The molecule has 0 aliphatic carbocycles. The molecule has 1 saturated heterocycles. The molecule has 0 unspecified atom stereocenters. The molecule has 5 rings (SSSR count). The van der Waals surface area contributed by atoms with Crippen molar-refractivity contribution in [2.45, 2.75) is 51.4 Å². The highest BCUT2D eigenvalue weighted by molar-refractivity contribution is 6.31. The van der Waals surface area contributed by atoms with E-state index >= 15 is 4.39 Å². The number of rotatable bonds is 7. The van der Waals surface area contributed by atoms with Crippen molar-refractivity contribution < 1.29 is 41.7 Å². The minimum Gasteiger partial charge on any atom is -0.493 e. The standard InChI is InChI=1S/C32H32ClF4N3O6/c1-16-11-19(40-8-10-45-15-26(40)32(35,36)37)13-24(34)27(16)29(41)38-25(31(43)44)12-18-6-7-21(28-20(18)5-4-9-46-28)22-14-23(33)17(2)39(3)30(22)42/h6-7,11,13-14,25-26H,4-5,8-10,12,15H2,1-3H3,(H,38,41)(H,43,44)/t25-,26+/m0/s1. The number of nitrogens with one attached hydrogen (secondary N) is 1. The normalized spacial score (nSPS) is 17.2. The molecule has 2 atom stereocenters. The van der Waals surface area contributed by atoms with E-state index in [1.54, 1.807) is 32.2 Å². The number of pyridine rings is 1. The lowest BCUT2D eigenvalue weighted by molar-refractivity contribution is -0.167. The lowest BCUT2D eigenvalue weighted by Gasteiger charge is -2.38. The average molecular weight is 666 g/mol. The number of amides is 1. The van der Waals surface area contributed by atoms with Crippen LogP contribution >= 0.6 is 11.6 Å². The Bertz CT molecular complexity index is 1740. The zero-order valence-electron chi connectivity index (χ0n) is 25.3. The van der Waals surface area contributed by atoms with Gasteiger partial charge in [0.2, 0.25) is 0 Å². The number of morpholine rings is 1. The van der Waals surface area contributed by atoms with Crippen molar-refractivity contribution in [1.82, 2.24) is 9.88 Å². The number of halogens is 5. The molecule has 3 heterocycles. The summed E-state index contributed by atoms with van der Waals surface area (Å²) in [6.07, 6.45) is -3.65. The summed E-state index contributed by atoms with van der Waals surface area (Å²) in [6, 6.07) is 3.52. The number of ether oxygens (including phenoxy) is 2. The number of carboxylic acids is 1. The van der Waals surface area contributed by atoms with E-state index in [2.05, 4.69) is 5.32 Å². The molecule has 1 amide bonds. The first kappa shape index (κ1) is 33.3. The number of aliphatic carboxylic acids is 1. The number of carboxylic acid groups (broad SMARTS) is 1. The van der Waals surface area contributed by atoms with Crippen molar-refractivity contribution in [2.75, 3.05) is 31.3 Å². The molecule has 3 aromatic rings. The lowest BCUT2D eigenvalue weighted by atomic mass is 9.90. The summed E-state index contributed by atoms with van der Waals surface area (Å²) in [5.74, 6) is -3.06. The first-order valence-corrected chi connectivity index (χ1v) is 15.0. The van der Waals surface area contributed by atoms with Gasteiger partial charge in [-0.05, 0) is 61.6 Å². The summed E-state index contributed by atoms with van der Waals surface area (Å²) in [5, 5.41) is 12.8. The van der Waals surface area contributed by atoms with E-state index in [9.17, 15) is 32.7 Å². The quantitative estimate of drug-likeness (QED) is 0.343. The van der Waals surface area contributed by atoms with E-state index < -0.39 is 48.1 Å². The number of nitrogens with zero attached hydrogens (tertiary/aromatic N) is 2. The van der Waals surface area contributed by atoms with E-state index in [4.69, 9.17) is 21.1 Å². The van der Waals surface area contributed by atoms with Crippen LogP contribution in [0.2, 0.25) is 5.02 Å². The summed E-state index contributed by atoms with van der Waals surface area (Å²) in [4.78, 5) is 39.7. The minimum atomic E-state index is -4.62. The van der Waals surface area contributed by atoms with Crippen LogP contribution in [-0.2, 0) is 29.4 Å². The van der Waals surface area contributed by atoms with Crippen molar-refractivity contribution in [1.29, 1.82) is 0 Å². The third kappa shape index (κ3) is 6.43. The van der Waals surface area contributed by atoms with Gasteiger partial charge in [0.05, 0.1) is 36.0 Å². The van der Waals surface area contributed by atoms with Gasteiger partial charge in [-0.2, -0.15) is 13.2 Å². The number of anilines is 1. The SMILES string of the molecule is Cc1cc(N2CCOC[C@@H]2C(F)(F)F)cc(F)c1C(=O)N[C@@H](Cc1ccc(-c2cc(Cl)c(C)n(C)c2=O)c2c1CCCO2)C(=O)O. The predicted molar refractivity (Wildman–Crippen MR) is 162 cm³/mol. The molecule has 0 radical (unpaired) electrons. The summed E-state index contributed by atoms with van der Waals surface area (Å²) < 4.78 is 68.5. The number of carbonyl (C=O) groups is 2. The van der Waals surface area contributed by atoms with Crippen molar-refractivity contribution >= 4 is 29.2 Å². The first-order chi connectivity index (χ1) is 21.7. The van der Waals surface area contributed by atoms with Crippen LogP contribution in [0.1, 0.15) is 39.2 Å². The number of aromatic nitrogens is 1. The van der Waals surface area contributed by atoms with Crippen LogP contribution in [0.4, 0.5) is 23.2 Å². The topological polar surface area (TPSA) is 110 Å². The number of carbonyl (C=O) groups excluding carboxylic acids is 1. The maximum Gasteiger partial charge on any atom is 0.411 e. The Morgan fingerprint density at radius 3 is 2.57 bits per heavy atom. The molecule has 2 N–H and O–H groups in total. The lowest BCUT2D eigenvalue weighted by Crippen LogP contribution is -2.53. The van der Waals surface area contributed by atoms with Gasteiger partial charge in [-0.1, -0.05) is 23.7 Å². The molecule has 2 aromatic carbocycles. The number of hydrogen-bond acceptors (Lipinski definition) is 6. The summed E-state index contributed by atoms with van der Waals surface area (Å²) in [6.45, 7) is 2.74. The predicted octanol–water partition coefficient (Wildman–Crippen LogP) is 4.98. The smallest absolute Gasteiger partial charge is 0.411 e. The summed E-state index contributed by atoms with van der Waals surface area (Å²) >= 11 is 6.37. The van der Waals surface area contributed by atoms with Crippen molar-refractivity contribution in [2.24, 2.45) is 7.05 Å². The minimum absolute atomic E-state index is 0.0148. The Balaban J connectivity index is 1.43. The van der Waals surface area contributed by atoms with Crippen LogP contribution in [0.15, 0.2) is 35.1 Å². The van der Waals surface area contributed by atoms with Crippen LogP contribution in [0.3, 0.4) is 0 Å². The van der Waals surface area contributed by atoms with Gasteiger partial charge in [0.15, 0.2) is 0 Å². The monoisotopic (exact) mass is 665 g/mol. The molecule has 9 nitrogen and oxygen atoms in total. The zero-order chi connectivity index (χ0) is 33.5. The van der Waals surface area contributed by atoms with Gasteiger partial charge in [-0.25, -0.2) is 9.18 Å². The van der Waals surface area contributed by atoms with Crippen LogP contribution in [0.5, 0.6) is 5.75 Å². The Hall–Kier alpha value is -4.10. The first-order valence-electron chi connectivity index (χ1n) is 14.6. The molecule has 46 heavy (non-hydrogen) atoms. The van der Waals surface area contributed by atoms with E-state index in [0.29, 0.717) is 58.2 Å². The Labute approximate surface area is 266 Å². The summed E-state index contributed by atoms with van der Waals surface area (Å²) in [5.41, 5.74) is 1.86. The van der Waals surface area contributed by atoms with Gasteiger partial charge in [0, 0.05) is 37.0 Å². The number of benzene rings is 2. The molecule has 0 saturated carbocycles. The van der Waals surface area contributed by atoms with Gasteiger partial charge in [0.1, 0.15) is 23.7 Å². The molecular formula is C32H32ClF4N3O6. The fourth-order valence-electron chi connectivity index (χ4n) is 5.93. The van der Waals surface area contributed by atoms with Crippen molar-refractivity contribution in [3.63, 3.8) is 0 Å². The van der Waals surface area contributed by atoms with E-state index in [1.807, 2.05) is 0 Å². The van der Waals surface area contributed by atoms with Crippen molar-refractivity contribution in [3.05, 3.63) is 79.5 Å². The number of alkyl halides is 3. The highest BCUT2D eigenvalue weighted by atomic mass is 35.5. The second kappa shape index (κ2) is 13.0. The molecular weight excluding hydrogens is 634 g/mol. The molecule has 2 aliphatic heterocycles. The maximum atomic E-state index is 15.4. The third-order valence-electron chi connectivity index (χ3n) is 8.48. The molecule has 246 valence electrons. The fourth-order valence-corrected chi connectivity index (χ4v) is 6.16. The fraction of sp³-hybridized carbons (Fsp3) is 0.406. The van der Waals surface area contributed by atoms with E-state index in [-0.39, 0.29) is 36.4 Å². The second-order valence-electron chi connectivity index (χ2n) is 11.4. The van der Waals surface area contributed by atoms with Gasteiger partial charge in [-0.3, -0.25) is 9.59 Å². The number of aryl methyl sites for hydroxylation is 1. The van der Waals surface area contributed by atoms with Gasteiger partial charge < -0.3 is 29.4 Å². The highest BCUT2D eigenvalue weighted by Gasteiger charge is 2.45. The van der Waals surface area contributed by atoms with E-state index in [1.165, 1.54) is 17.6 Å². The molecule has 0 spiro atoms. The molecule has 14 heteroatoms. The zero-order valence-corrected chi connectivity index (χ0v) is 26.0. The van der Waals surface area contributed by atoms with Gasteiger partial charge in [-0.15, -0.1) is 0 Å². The second-order valence-corrected chi connectivity index (χ2v) is 11.8. The number of hydrogen-bond donors (Lipinski definition) is 2. The largest absolute Gasteiger partial charge is 0.493 e. The molecule has 1 fully saturated rings. The van der Waals surface area contributed by atoms with Gasteiger partial charge >= 0.3 is 12.1 Å². The molecule has 1 aromatic heterocycles. The van der Waals surface area contributed by atoms with Gasteiger partial charge in [0.25, 0.3) is 11.5 Å². The van der Waals surface area contributed by atoms with E-state index in [0.717, 1.165) is 11.0 Å². The number of fused-ring (bicyclic) bond motifs is 1. The molecule has 2 aliphatic rings. The average Bonchev–Trinajstić information content (AvgIpc) is 3.01. The maximum absolute atomic E-state index is 15.4. The highest BCUT2D eigenvalue weighted by Crippen LogP contribution is 2.39. The Morgan fingerprint density at radius 2 is 1.89 bits per heavy atom. The Morgan fingerprint density at radius 1 is 1.15 bits per heavy atom. The summed E-state index contributed by atoms with van der Waals surface area (Å²) in [7, 11) is 1.61. The van der Waals surface area contributed by atoms with Crippen molar-refractivity contribution in [3.8, 4) is 16.9 Å². The Kier molecular flexibility index (Phi) is 9.37. The third-order valence-corrected chi connectivity index (χ3v) is 8.87. The van der Waals surface area contributed by atoms with Crippen LogP contribution in [-0.4, -0.2) is 66.2 Å².